The van der Waals surface area contributed by atoms with Crippen molar-refractivity contribution in [1.82, 2.24) is 0 Å². The Labute approximate surface area is 165 Å². The number of hydrogen-bond acceptors (Lipinski definition) is 5. The van der Waals surface area contributed by atoms with Crippen molar-refractivity contribution in [1.29, 1.82) is 0 Å². The zero-order valence-electron chi connectivity index (χ0n) is 15.0. The first kappa shape index (κ1) is 18.0. The Morgan fingerprint density at radius 3 is 2.32 bits per heavy atom. The average Bonchev–Trinajstić information content (AvgIpc) is 3.24. The molecule has 1 aliphatic heterocycles. The maximum absolute atomic E-state index is 12.9. The minimum atomic E-state index is -0.812. The highest BCUT2D eigenvalue weighted by Gasteiger charge is 2.48. The summed E-state index contributed by atoms with van der Waals surface area (Å²) in [6.07, 6.45) is 0. The lowest BCUT2D eigenvalue weighted by atomic mass is 9.98. The van der Waals surface area contributed by atoms with E-state index >= 15 is 0 Å². The first-order valence-electron chi connectivity index (χ1n) is 8.69. The molecule has 1 atom stereocenters. The van der Waals surface area contributed by atoms with E-state index in [1.54, 1.807) is 48.5 Å². The number of aryl methyl sites for hydroxylation is 1. The maximum atomic E-state index is 12.9. The third-order valence-corrected chi connectivity index (χ3v) is 5.85. The Bertz CT molecular complexity index is 1100. The fourth-order valence-electron chi connectivity index (χ4n) is 3.41. The van der Waals surface area contributed by atoms with E-state index < -0.39 is 17.7 Å². The summed E-state index contributed by atoms with van der Waals surface area (Å²) in [6, 6.07) is 16.1. The second-order valence-electron chi connectivity index (χ2n) is 6.49. The number of Topliss-reactive ketones (excluding diaryl/α,β-unsaturated/α-hetero) is 1. The number of ketones is 1. The first-order valence-corrected chi connectivity index (χ1v) is 9.57. The molecular formula is C22H17NO4S. The second kappa shape index (κ2) is 6.98. The molecule has 0 radical (unpaired) electrons. The van der Waals surface area contributed by atoms with Crippen LogP contribution in [0.4, 0.5) is 5.69 Å². The van der Waals surface area contributed by atoms with Crippen molar-refractivity contribution in [2.24, 2.45) is 0 Å². The van der Waals surface area contributed by atoms with Crippen LogP contribution < -0.4 is 4.90 Å². The molecule has 1 fully saturated rings. The molecular weight excluding hydrogens is 374 g/mol. The molecule has 3 aromatic rings. The van der Waals surface area contributed by atoms with Gasteiger partial charge in [-0.3, -0.25) is 14.5 Å². The molecule has 2 aromatic carbocycles. The van der Waals surface area contributed by atoms with Crippen LogP contribution in [0.15, 0.2) is 71.6 Å². The minimum absolute atomic E-state index is 0.0185. The van der Waals surface area contributed by atoms with Gasteiger partial charge in [0.25, 0.3) is 11.7 Å². The number of phenolic OH excluding ortho intramolecular Hbond substituents is 1. The molecule has 1 amide bonds. The van der Waals surface area contributed by atoms with Gasteiger partial charge < -0.3 is 10.2 Å². The van der Waals surface area contributed by atoms with E-state index in [-0.39, 0.29) is 22.8 Å². The predicted octanol–water partition coefficient (Wildman–Crippen LogP) is 4.39. The largest absolute Gasteiger partial charge is 0.507 e. The Hall–Kier alpha value is -3.38. The molecule has 28 heavy (non-hydrogen) atoms. The van der Waals surface area contributed by atoms with Crippen molar-refractivity contribution in [3.05, 3.63) is 87.6 Å². The van der Waals surface area contributed by atoms with Gasteiger partial charge in [-0.05, 0) is 36.1 Å². The van der Waals surface area contributed by atoms with Crippen molar-refractivity contribution in [2.75, 3.05) is 4.90 Å². The van der Waals surface area contributed by atoms with Gasteiger partial charge in [0.15, 0.2) is 0 Å². The van der Waals surface area contributed by atoms with Crippen molar-refractivity contribution < 1.29 is 19.8 Å². The van der Waals surface area contributed by atoms with E-state index in [1.807, 2.05) is 18.4 Å². The van der Waals surface area contributed by atoms with E-state index in [1.165, 1.54) is 22.3 Å². The zero-order valence-corrected chi connectivity index (χ0v) is 15.8. The molecule has 6 heteroatoms. The average molecular weight is 391 g/mol. The summed E-state index contributed by atoms with van der Waals surface area (Å²) in [6.45, 7) is 1.89. The number of phenols is 1. The molecule has 2 N–H and O–H groups in total. The number of carbonyl (C=O) groups excluding carboxylic acids is 2. The molecule has 5 nitrogen and oxygen atoms in total. The molecule has 0 bridgehead atoms. The molecule has 2 heterocycles. The number of rotatable bonds is 3. The van der Waals surface area contributed by atoms with Crippen LogP contribution in [-0.4, -0.2) is 21.9 Å². The number of para-hydroxylation sites is 2. The molecule has 1 aliphatic rings. The summed E-state index contributed by atoms with van der Waals surface area (Å²) in [5, 5.41) is 23.1. The van der Waals surface area contributed by atoms with E-state index in [4.69, 9.17) is 0 Å². The Morgan fingerprint density at radius 1 is 1.00 bits per heavy atom. The summed E-state index contributed by atoms with van der Waals surface area (Å²) in [5.41, 5.74) is 1.60. The van der Waals surface area contributed by atoms with E-state index in [2.05, 4.69) is 0 Å². The van der Waals surface area contributed by atoms with E-state index in [0.29, 0.717) is 5.56 Å². The smallest absolute Gasteiger partial charge is 0.300 e. The lowest BCUT2D eigenvalue weighted by Gasteiger charge is -2.25. The fourth-order valence-corrected chi connectivity index (χ4v) is 4.44. The molecule has 140 valence electrons. The van der Waals surface area contributed by atoms with Crippen LogP contribution >= 0.6 is 11.3 Å². The summed E-state index contributed by atoms with van der Waals surface area (Å²) in [4.78, 5) is 27.9. The number of amides is 1. The quantitative estimate of drug-likeness (QED) is 0.394. The van der Waals surface area contributed by atoms with Gasteiger partial charge in [0.2, 0.25) is 0 Å². The first-order chi connectivity index (χ1) is 13.5. The highest BCUT2D eigenvalue weighted by atomic mass is 32.1. The van der Waals surface area contributed by atoms with Gasteiger partial charge in [-0.15, -0.1) is 11.3 Å². The van der Waals surface area contributed by atoms with E-state index in [0.717, 1.165) is 10.4 Å². The Kier molecular flexibility index (Phi) is 4.49. The number of hydrogen-bond donors (Lipinski definition) is 2. The van der Waals surface area contributed by atoms with Gasteiger partial charge >= 0.3 is 0 Å². The van der Waals surface area contributed by atoms with Crippen LogP contribution in [0.3, 0.4) is 0 Å². The zero-order chi connectivity index (χ0) is 19.8. The topological polar surface area (TPSA) is 77.8 Å². The van der Waals surface area contributed by atoms with Gasteiger partial charge in [0.1, 0.15) is 17.6 Å². The Balaban J connectivity index is 1.99. The van der Waals surface area contributed by atoms with Gasteiger partial charge in [0.05, 0.1) is 11.3 Å². The normalized spacial score (nSPS) is 18.6. The molecule has 1 saturated heterocycles. The van der Waals surface area contributed by atoms with Crippen LogP contribution in [0, 0.1) is 6.92 Å². The van der Waals surface area contributed by atoms with Crippen molar-refractivity contribution in [3.8, 4) is 5.75 Å². The predicted molar refractivity (Wildman–Crippen MR) is 108 cm³/mol. The third kappa shape index (κ3) is 2.78. The summed E-state index contributed by atoms with van der Waals surface area (Å²) >= 11 is 1.40. The molecule has 0 aliphatic carbocycles. The SMILES string of the molecule is Cc1ccsc1C1/C(=C(/O)c2ccccc2)C(=O)C(=O)N1c1ccccc1O. The Morgan fingerprint density at radius 2 is 1.68 bits per heavy atom. The fraction of sp³-hybridized carbons (Fsp3) is 0.0909. The monoisotopic (exact) mass is 391 g/mol. The number of nitrogens with zero attached hydrogens (tertiary/aromatic N) is 1. The van der Waals surface area contributed by atoms with Crippen molar-refractivity contribution >= 4 is 34.5 Å². The van der Waals surface area contributed by atoms with Crippen molar-refractivity contribution in [3.63, 3.8) is 0 Å². The highest BCUT2D eigenvalue weighted by molar-refractivity contribution is 7.10. The standard InChI is InChI=1S/C22H17NO4S/c1-13-11-12-28-21(13)18-17(19(25)14-7-3-2-4-8-14)20(26)22(27)23(18)15-9-5-6-10-16(15)24/h2-12,18,24-25H,1H3/b19-17-. The number of aliphatic hydroxyl groups excluding tert-OH is 1. The summed E-state index contributed by atoms with van der Waals surface area (Å²) in [7, 11) is 0. The van der Waals surface area contributed by atoms with Crippen LogP contribution in [-0.2, 0) is 9.59 Å². The van der Waals surface area contributed by atoms with Crippen LogP contribution in [0.25, 0.3) is 5.76 Å². The highest BCUT2D eigenvalue weighted by Crippen LogP contribution is 2.46. The van der Waals surface area contributed by atoms with Gasteiger partial charge in [0, 0.05) is 10.4 Å². The van der Waals surface area contributed by atoms with Crippen LogP contribution in [0.2, 0.25) is 0 Å². The maximum Gasteiger partial charge on any atom is 0.300 e. The van der Waals surface area contributed by atoms with E-state index in [9.17, 15) is 19.8 Å². The van der Waals surface area contributed by atoms with Gasteiger partial charge in [-0.2, -0.15) is 0 Å². The van der Waals surface area contributed by atoms with Crippen LogP contribution in [0.5, 0.6) is 5.75 Å². The number of aromatic hydroxyl groups is 1. The molecule has 0 saturated carbocycles. The number of benzene rings is 2. The lowest BCUT2D eigenvalue weighted by molar-refractivity contribution is -0.132. The third-order valence-electron chi connectivity index (χ3n) is 4.78. The molecule has 4 rings (SSSR count). The number of carbonyl (C=O) groups is 2. The summed E-state index contributed by atoms with van der Waals surface area (Å²) in [5.74, 6) is -1.89. The molecule has 1 unspecified atom stereocenters. The number of anilines is 1. The van der Waals surface area contributed by atoms with Gasteiger partial charge in [-0.1, -0.05) is 42.5 Å². The van der Waals surface area contributed by atoms with Gasteiger partial charge in [-0.25, -0.2) is 0 Å². The number of thiophene rings is 1. The molecule has 0 spiro atoms. The summed E-state index contributed by atoms with van der Waals surface area (Å²) < 4.78 is 0. The molecule has 1 aromatic heterocycles. The van der Waals surface area contributed by atoms with Crippen LogP contribution in [0.1, 0.15) is 22.0 Å². The lowest BCUT2D eigenvalue weighted by Crippen LogP contribution is -2.29. The second-order valence-corrected chi connectivity index (χ2v) is 7.44. The minimum Gasteiger partial charge on any atom is -0.507 e. The number of aliphatic hydroxyl groups is 1. The van der Waals surface area contributed by atoms with Crippen molar-refractivity contribution in [2.45, 2.75) is 13.0 Å².